The van der Waals surface area contributed by atoms with Crippen LogP contribution in [0.2, 0.25) is 5.15 Å². The molecule has 21 heavy (non-hydrogen) atoms. The van der Waals surface area contributed by atoms with Gasteiger partial charge in [-0.2, -0.15) is 0 Å². The summed E-state index contributed by atoms with van der Waals surface area (Å²) in [5, 5.41) is 18.8. The fourth-order valence-electron chi connectivity index (χ4n) is 1.64. The number of carbonyl (C=O) groups excluding carboxylic acids is 1. The topological polar surface area (TPSA) is 92.2 Å². The highest BCUT2D eigenvalue weighted by Crippen LogP contribution is 2.12. The molecular weight excluding hydrogens is 294 g/mol. The Balaban J connectivity index is 1.98. The van der Waals surface area contributed by atoms with Crippen molar-refractivity contribution in [2.24, 2.45) is 0 Å². The summed E-state index contributed by atoms with van der Waals surface area (Å²) in [6, 6.07) is 9.92. The normalized spacial score (nSPS) is 10.1. The van der Waals surface area contributed by atoms with Crippen molar-refractivity contribution >= 4 is 29.2 Å². The zero-order chi connectivity index (χ0) is 15.2. The Morgan fingerprint density at radius 2 is 1.81 bits per heavy atom. The number of aromatic nitrogens is 2. The largest absolute Gasteiger partial charge is 0.481 e. The minimum atomic E-state index is -0.839. The van der Waals surface area contributed by atoms with Crippen LogP contribution < -0.4 is 5.32 Å². The van der Waals surface area contributed by atoms with E-state index in [1.54, 1.807) is 24.3 Å². The molecule has 0 saturated heterocycles. The number of anilines is 1. The van der Waals surface area contributed by atoms with Crippen molar-refractivity contribution in [1.82, 2.24) is 10.2 Å². The van der Waals surface area contributed by atoms with Gasteiger partial charge in [-0.15, -0.1) is 10.2 Å². The second-order valence-electron chi connectivity index (χ2n) is 4.29. The van der Waals surface area contributed by atoms with Gasteiger partial charge in [0.25, 0.3) is 5.91 Å². The highest BCUT2D eigenvalue weighted by Gasteiger charge is 2.08. The molecule has 6 nitrogen and oxygen atoms in total. The van der Waals surface area contributed by atoms with Crippen LogP contribution in [-0.4, -0.2) is 27.2 Å². The van der Waals surface area contributed by atoms with Gasteiger partial charge in [-0.1, -0.05) is 23.7 Å². The van der Waals surface area contributed by atoms with Gasteiger partial charge in [-0.3, -0.25) is 9.59 Å². The van der Waals surface area contributed by atoms with E-state index in [1.165, 1.54) is 12.1 Å². The van der Waals surface area contributed by atoms with Gasteiger partial charge in [0.2, 0.25) is 0 Å². The average molecular weight is 306 g/mol. The standard InChI is InChI=1S/C14H12ClN3O3/c15-12-7-6-11(17-18-12)14(21)16-10-4-1-9(2-5-10)3-8-13(19)20/h1-2,4-7H,3,8H2,(H,16,21)(H,19,20). The Morgan fingerprint density at radius 3 is 2.38 bits per heavy atom. The third kappa shape index (κ3) is 4.54. The van der Waals surface area contributed by atoms with Gasteiger partial charge in [0.15, 0.2) is 10.8 Å². The average Bonchev–Trinajstić information content (AvgIpc) is 2.47. The molecule has 0 atom stereocenters. The Bertz CT molecular complexity index is 642. The summed E-state index contributed by atoms with van der Waals surface area (Å²) in [5.41, 5.74) is 1.65. The van der Waals surface area contributed by atoms with Gasteiger partial charge in [-0.05, 0) is 36.2 Å². The number of halogens is 1. The predicted molar refractivity (Wildman–Crippen MR) is 77.4 cm³/mol. The van der Waals surface area contributed by atoms with Gasteiger partial charge in [0, 0.05) is 12.1 Å². The fraction of sp³-hybridized carbons (Fsp3) is 0.143. The lowest BCUT2D eigenvalue weighted by molar-refractivity contribution is -0.136. The van der Waals surface area contributed by atoms with Crippen molar-refractivity contribution < 1.29 is 14.7 Å². The minimum absolute atomic E-state index is 0.0755. The molecule has 2 N–H and O–H groups in total. The Morgan fingerprint density at radius 1 is 1.10 bits per heavy atom. The van der Waals surface area contributed by atoms with Crippen molar-refractivity contribution in [3.8, 4) is 0 Å². The summed E-state index contributed by atoms with van der Waals surface area (Å²) in [5.74, 6) is -1.23. The van der Waals surface area contributed by atoms with Crippen LogP contribution in [0.3, 0.4) is 0 Å². The van der Waals surface area contributed by atoms with Crippen molar-refractivity contribution in [3.05, 3.63) is 52.8 Å². The quantitative estimate of drug-likeness (QED) is 0.885. The van der Waals surface area contributed by atoms with E-state index in [1.807, 2.05) is 0 Å². The molecule has 0 aliphatic heterocycles. The van der Waals surface area contributed by atoms with Gasteiger partial charge in [0.05, 0.1) is 0 Å². The van der Waals surface area contributed by atoms with Crippen molar-refractivity contribution in [2.75, 3.05) is 5.32 Å². The predicted octanol–water partition coefficient (Wildman–Crippen LogP) is 2.40. The molecule has 2 aromatic rings. The number of nitrogens with one attached hydrogen (secondary N) is 1. The van der Waals surface area contributed by atoms with Crippen LogP contribution in [0.25, 0.3) is 0 Å². The van der Waals surface area contributed by atoms with Gasteiger partial charge >= 0.3 is 5.97 Å². The molecule has 0 fully saturated rings. The molecule has 0 spiro atoms. The number of rotatable bonds is 5. The lowest BCUT2D eigenvalue weighted by Gasteiger charge is -2.05. The van der Waals surface area contributed by atoms with Crippen molar-refractivity contribution in [1.29, 1.82) is 0 Å². The molecule has 0 radical (unpaired) electrons. The van der Waals surface area contributed by atoms with E-state index < -0.39 is 11.9 Å². The molecule has 0 bridgehead atoms. The van der Waals surface area contributed by atoms with Crippen LogP contribution in [0.1, 0.15) is 22.5 Å². The molecule has 0 aliphatic rings. The lowest BCUT2D eigenvalue weighted by Crippen LogP contribution is -2.14. The molecule has 0 aliphatic carbocycles. The number of amides is 1. The SMILES string of the molecule is O=C(O)CCc1ccc(NC(=O)c2ccc(Cl)nn2)cc1. The van der Waals surface area contributed by atoms with E-state index in [0.717, 1.165) is 5.56 Å². The first-order valence-electron chi connectivity index (χ1n) is 6.16. The molecule has 1 heterocycles. The first-order chi connectivity index (χ1) is 10.0. The van der Waals surface area contributed by atoms with Crippen LogP contribution in [0.5, 0.6) is 0 Å². The van der Waals surface area contributed by atoms with Crippen LogP contribution in [0, 0.1) is 0 Å². The molecule has 108 valence electrons. The summed E-state index contributed by atoms with van der Waals surface area (Å²) < 4.78 is 0. The van der Waals surface area contributed by atoms with Gasteiger partial charge < -0.3 is 10.4 Å². The third-order valence-corrected chi connectivity index (χ3v) is 2.91. The van der Waals surface area contributed by atoms with Crippen LogP contribution in [-0.2, 0) is 11.2 Å². The summed E-state index contributed by atoms with van der Waals surface area (Å²) in [4.78, 5) is 22.4. The highest BCUT2D eigenvalue weighted by atomic mass is 35.5. The third-order valence-electron chi connectivity index (χ3n) is 2.70. The summed E-state index contributed by atoms with van der Waals surface area (Å²) in [6.45, 7) is 0. The number of carboxylic acids is 1. The van der Waals surface area contributed by atoms with E-state index in [9.17, 15) is 9.59 Å². The molecule has 1 amide bonds. The Kier molecular flexibility index (Phi) is 4.84. The summed E-state index contributed by atoms with van der Waals surface area (Å²) in [7, 11) is 0. The van der Waals surface area contributed by atoms with Crippen LogP contribution in [0.4, 0.5) is 5.69 Å². The summed E-state index contributed by atoms with van der Waals surface area (Å²) >= 11 is 5.60. The minimum Gasteiger partial charge on any atom is -0.481 e. The van der Waals surface area contributed by atoms with E-state index in [2.05, 4.69) is 15.5 Å². The zero-order valence-electron chi connectivity index (χ0n) is 10.9. The maximum atomic E-state index is 11.9. The Hall–Kier alpha value is -2.47. The van der Waals surface area contributed by atoms with Gasteiger partial charge in [-0.25, -0.2) is 0 Å². The fourth-order valence-corrected chi connectivity index (χ4v) is 1.74. The maximum absolute atomic E-state index is 11.9. The molecule has 0 saturated carbocycles. The first kappa shape index (κ1) is 14.9. The smallest absolute Gasteiger partial charge is 0.303 e. The number of carboxylic acid groups (broad SMARTS) is 1. The number of aryl methyl sites for hydroxylation is 1. The van der Waals surface area contributed by atoms with Crippen LogP contribution >= 0.6 is 11.6 Å². The summed E-state index contributed by atoms with van der Waals surface area (Å²) in [6.07, 6.45) is 0.526. The van der Waals surface area contributed by atoms with E-state index >= 15 is 0 Å². The number of hydrogen-bond acceptors (Lipinski definition) is 4. The Labute approximate surface area is 125 Å². The maximum Gasteiger partial charge on any atom is 0.303 e. The second-order valence-corrected chi connectivity index (χ2v) is 4.67. The van der Waals surface area contributed by atoms with E-state index in [-0.39, 0.29) is 17.3 Å². The zero-order valence-corrected chi connectivity index (χ0v) is 11.7. The lowest BCUT2D eigenvalue weighted by atomic mass is 10.1. The number of benzene rings is 1. The van der Waals surface area contributed by atoms with Crippen molar-refractivity contribution in [2.45, 2.75) is 12.8 Å². The number of nitrogens with zero attached hydrogens (tertiary/aromatic N) is 2. The van der Waals surface area contributed by atoms with E-state index in [4.69, 9.17) is 16.7 Å². The number of hydrogen-bond donors (Lipinski definition) is 2. The van der Waals surface area contributed by atoms with E-state index in [0.29, 0.717) is 12.1 Å². The molecule has 1 aromatic heterocycles. The number of aliphatic carboxylic acids is 1. The molecular formula is C14H12ClN3O3. The molecule has 7 heteroatoms. The second kappa shape index (κ2) is 6.81. The molecule has 2 rings (SSSR count). The molecule has 1 aromatic carbocycles. The number of carbonyl (C=O) groups is 2. The van der Waals surface area contributed by atoms with Crippen LogP contribution in [0.15, 0.2) is 36.4 Å². The highest BCUT2D eigenvalue weighted by molar-refractivity contribution is 6.29. The van der Waals surface area contributed by atoms with Gasteiger partial charge in [0.1, 0.15) is 0 Å². The molecule has 0 unspecified atom stereocenters. The monoisotopic (exact) mass is 305 g/mol. The van der Waals surface area contributed by atoms with Crippen molar-refractivity contribution in [3.63, 3.8) is 0 Å². The first-order valence-corrected chi connectivity index (χ1v) is 6.54.